The van der Waals surface area contributed by atoms with Crippen LogP contribution in [0.3, 0.4) is 0 Å². The fourth-order valence-electron chi connectivity index (χ4n) is 2.88. The molecule has 1 saturated carbocycles. The topological polar surface area (TPSA) is 80.9 Å². The average molecular weight is 266 g/mol. The highest BCUT2D eigenvalue weighted by atomic mass is 16.4. The summed E-state index contributed by atoms with van der Waals surface area (Å²) >= 11 is 0. The van der Waals surface area contributed by atoms with Crippen molar-refractivity contribution in [2.75, 3.05) is 0 Å². The molecular weight excluding hydrogens is 244 g/mol. The Bertz CT molecular complexity index is 422. The summed E-state index contributed by atoms with van der Waals surface area (Å²) in [5.74, 6) is 0.0970. The van der Waals surface area contributed by atoms with Crippen molar-refractivity contribution in [3.8, 4) is 0 Å². The first-order valence-electron chi connectivity index (χ1n) is 7.16. The van der Waals surface area contributed by atoms with E-state index in [0.717, 1.165) is 57.2 Å². The Hall–Kier alpha value is -1.46. The van der Waals surface area contributed by atoms with E-state index in [2.05, 4.69) is 22.4 Å². The molecule has 106 valence electrons. The summed E-state index contributed by atoms with van der Waals surface area (Å²) in [4.78, 5) is 11.7. The number of hydrogen-bond acceptors (Lipinski definition) is 4. The number of rotatable bonds is 5. The molecule has 6 nitrogen and oxygen atoms in total. The highest BCUT2D eigenvalue weighted by molar-refractivity contribution is 5.74. The van der Waals surface area contributed by atoms with E-state index in [9.17, 15) is 9.90 Å². The van der Waals surface area contributed by atoms with Crippen LogP contribution in [0.5, 0.6) is 0 Å². The van der Waals surface area contributed by atoms with Crippen LogP contribution in [-0.2, 0) is 17.8 Å². The van der Waals surface area contributed by atoms with Crippen LogP contribution in [0.2, 0.25) is 0 Å². The molecule has 1 aliphatic rings. The molecule has 0 amide bonds. The predicted molar refractivity (Wildman–Crippen MR) is 69.6 cm³/mol. The summed E-state index contributed by atoms with van der Waals surface area (Å²) in [5.41, 5.74) is -0.686. The number of carboxylic acids is 1. The zero-order valence-electron chi connectivity index (χ0n) is 11.5. The fourth-order valence-corrected chi connectivity index (χ4v) is 2.88. The highest BCUT2D eigenvalue weighted by Crippen LogP contribution is 2.37. The van der Waals surface area contributed by atoms with Crippen molar-refractivity contribution in [3.05, 3.63) is 5.82 Å². The van der Waals surface area contributed by atoms with E-state index in [1.54, 1.807) is 4.68 Å². The van der Waals surface area contributed by atoms with E-state index in [1.807, 2.05) is 0 Å². The SMILES string of the molecule is CCCc1nnnn1CC1(C(=O)O)CCCCCC1. The lowest BCUT2D eigenvalue weighted by molar-refractivity contribution is -0.151. The van der Waals surface area contributed by atoms with Gasteiger partial charge in [-0.1, -0.05) is 32.6 Å². The molecular formula is C13H22N4O2. The van der Waals surface area contributed by atoms with Gasteiger partial charge in [0.1, 0.15) is 0 Å². The Labute approximate surface area is 113 Å². The van der Waals surface area contributed by atoms with Crippen LogP contribution in [0.4, 0.5) is 0 Å². The predicted octanol–water partition coefficient (Wildman–Crippen LogP) is 2.05. The lowest BCUT2D eigenvalue weighted by atomic mass is 9.80. The van der Waals surface area contributed by atoms with Gasteiger partial charge in [0, 0.05) is 6.42 Å². The van der Waals surface area contributed by atoms with Gasteiger partial charge in [0.15, 0.2) is 5.82 Å². The molecule has 0 aromatic carbocycles. The zero-order chi connectivity index (χ0) is 13.7. The molecule has 2 rings (SSSR count). The summed E-state index contributed by atoms with van der Waals surface area (Å²) in [6.07, 6.45) is 7.44. The van der Waals surface area contributed by atoms with E-state index in [-0.39, 0.29) is 0 Å². The fraction of sp³-hybridized carbons (Fsp3) is 0.846. The third-order valence-electron chi connectivity index (χ3n) is 4.05. The number of aromatic nitrogens is 4. The maximum Gasteiger partial charge on any atom is 0.311 e. The minimum Gasteiger partial charge on any atom is -0.481 e. The Balaban J connectivity index is 2.20. The van der Waals surface area contributed by atoms with E-state index in [4.69, 9.17) is 0 Å². The zero-order valence-corrected chi connectivity index (χ0v) is 11.5. The first-order valence-corrected chi connectivity index (χ1v) is 7.16. The van der Waals surface area contributed by atoms with E-state index < -0.39 is 11.4 Å². The molecule has 0 aliphatic heterocycles. The molecule has 0 unspecified atom stereocenters. The maximum absolute atomic E-state index is 11.7. The van der Waals surface area contributed by atoms with E-state index >= 15 is 0 Å². The monoisotopic (exact) mass is 266 g/mol. The van der Waals surface area contributed by atoms with Crippen LogP contribution < -0.4 is 0 Å². The summed E-state index contributed by atoms with van der Waals surface area (Å²) in [6.45, 7) is 2.47. The minimum atomic E-state index is -0.702. The Morgan fingerprint density at radius 2 is 2.00 bits per heavy atom. The number of hydrogen-bond donors (Lipinski definition) is 1. The third-order valence-corrected chi connectivity index (χ3v) is 4.05. The number of tetrazole rings is 1. The van der Waals surface area contributed by atoms with Crippen LogP contribution in [0.25, 0.3) is 0 Å². The van der Waals surface area contributed by atoms with Crippen molar-refractivity contribution in [1.29, 1.82) is 0 Å². The van der Waals surface area contributed by atoms with Gasteiger partial charge in [-0.15, -0.1) is 5.10 Å². The number of nitrogens with zero attached hydrogens (tertiary/aromatic N) is 4. The molecule has 0 radical (unpaired) electrons. The van der Waals surface area contributed by atoms with Crippen LogP contribution in [0, 0.1) is 5.41 Å². The van der Waals surface area contributed by atoms with Crippen molar-refractivity contribution in [2.24, 2.45) is 5.41 Å². The van der Waals surface area contributed by atoms with Crippen molar-refractivity contribution >= 4 is 5.97 Å². The quantitative estimate of drug-likeness (QED) is 0.825. The van der Waals surface area contributed by atoms with Crippen LogP contribution in [-0.4, -0.2) is 31.3 Å². The highest BCUT2D eigenvalue weighted by Gasteiger charge is 2.39. The van der Waals surface area contributed by atoms with Gasteiger partial charge in [-0.05, 0) is 29.7 Å². The molecule has 6 heteroatoms. The number of carboxylic acid groups (broad SMARTS) is 1. The minimum absolute atomic E-state index is 0.407. The van der Waals surface area contributed by atoms with Gasteiger partial charge in [-0.2, -0.15) is 0 Å². The molecule has 1 aliphatic carbocycles. The van der Waals surface area contributed by atoms with Gasteiger partial charge in [0.25, 0.3) is 0 Å². The molecule has 1 heterocycles. The molecule has 1 aromatic heterocycles. The number of aliphatic carboxylic acids is 1. The van der Waals surface area contributed by atoms with Crippen molar-refractivity contribution in [1.82, 2.24) is 20.2 Å². The summed E-state index contributed by atoms with van der Waals surface area (Å²) in [6, 6.07) is 0. The summed E-state index contributed by atoms with van der Waals surface area (Å²) in [7, 11) is 0. The van der Waals surface area contributed by atoms with Crippen molar-refractivity contribution < 1.29 is 9.90 Å². The smallest absolute Gasteiger partial charge is 0.311 e. The molecule has 0 atom stereocenters. The van der Waals surface area contributed by atoms with Crippen LogP contribution in [0.1, 0.15) is 57.7 Å². The Morgan fingerprint density at radius 1 is 1.32 bits per heavy atom. The van der Waals surface area contributed by atoms with Crippen LogP contribution in [0.15, 0.2) is 0 Å². The number of carbonyl (C=O) groups is 1. The molecule has 1 aromatic rings. The first kappa shape index (κ1) is 14.0. The van der Waals surface area contributed by atoms with Gasteiger partial charge >= 0.3 is 5.97 Å². The van der Waals surface area contributed by atoms with Gasteiger partial charge in [-0.3, -0.25) is 4.79 Å². The second kappa shape index (κ2) is 6.12. The van der Waals surface area contributed by atoms with E-state index in [1.165, 1.54) is 0 Å². The van der Waals surface area contributed by atoms with Gasteiger partial charge in [0.05, 0.1) is 12.0 Å². The second-order valence-electron chi connectivity index (χ2n) is 5.50. The molecule has 19 heavy (non-hydrogen) atoms. The molecule has 0 spiro atoms. The van der Waals surface area contributed by atoms with Crippen molar-refractivity contribution in [2.45, 2.75) is 64.8 Å². The first-order chi connectivity index (χ1) is 9.18. The summed E-state index contributed by atoms with van der Waals surface area (Å²) < 4.78 is 1.70. The standard InChI is InChI=1S/C13H22N4O2/c1-2-7-11-14-15-16-17(11)10-13(12(18)19)8-5-3-4-6-9-13/h2-10H2,1H3,(H,18,19). The molecule has 1 fully saturated rings. The van der Waals surface area contributed by atoms with Gasteiger partial charge < -0.3 is 5.11 Å². The molecule has 0 bridgehead atoms. The summed E-state index contributed by atoms with van der Waals surface area (Å²) in [5, 5.41) is 21.3. The lowest BCUT2D eigenvalue weighted by Gasteiger charge is -2.27. The maximum atomic E-state index is 11.7. The normalized spacial score (nSPS) is 19.0. The van der Waals surface area contributed by atoms with Gasteiger partial charge in [-0.25, -0.2) is 4.68 Å². The average Bonchev–Trinajstić information content (AvgIpc) is 2.66. The Morgan fingerprint density at radius 3 is 2.58 bits per heavy atom. The third kappa shape index (κ3) is 3.11. The van der Waals surface area contributed by atoms with Gasteiger partial charge in [0.2, 0.25) is 0 Å². The lowest BCUT2D eigenvalue weighted by Crippen LogP contribution is -2.36. The van der Waals surface area contributed by atoms with Crippen LogP contribution >= 0.6 is 0 Å². The second-order valence-corrected chi connectivity index (χ2v) is 5.50. The molecule has 1 N–H and O–H groups in total. The largest absolute Gasteiger partial charge is 0.481 e. The van der Waals surface area contributed by atoms with Crippen molar-refractivity contribution in [3.63, 3.8) is 0 Å². The van der Waals surface area contributed by atoms with E-state index in [0.29, 0.717) is 6.54 Å². The Kier molecular flexibility index (Phi) is 4.50. The molecule has 0 saturated heterocycles. The number of aryl methyl sites for hydroxylation is 1.